The number of hydrogen-bond acceptors (Lipinski definition) is 2. The molecule has 0 saturated carbocycles. The third-order valence-corrected chi connectivity index (χ3v) is 4.22. The van der Waals surface area contributed by atoms with Gasteiger partial charge in [-0.1, -0.05) is 13.8 Å². The average molecular weight is 305 g/mol. The normalized spacial score (nSPS) is 23.5. The van der Waals surface area contributed by atoms with Gasteiger partial charge in [0.15, 0.2) is 5.96 Å². The Balaban J connectivity index is 1.61. The van der Waals surface area contributed by atoms with E-state index in [0.29, 0.717) is 0 Å². The fraction of sp³-hybridized carbons (Fsp3) is 0.706. The van der Waals surface area contributed by atoms with Crippen LogP contribution < -0.4 is 10.6 Å². The van der Waals surface area contributed by atoms with Gasteiger partial charge in [-0.05, 0) is 30.4 Å². The maximum Gasteiger partial charge on any atom is 0.191 e. The molecular formula is C17H31N5. The molecular weight excluding hydrogens is 274 g/mol. The summed E-state index contributed by atoms with van der Waals surface area (Å²) in [5.74, 6) is 2.54. The van der Waals surface area contributed by atoms with E-state index >= 15 is 0 Å². The van der Waals surface area contributed by atoms with Gasteiger partial charge >= 0.3 is 0 Å². The summed E-state index contributed by atoms with van der Waals surface area (Å²) < 4.78 is 2.16. The third-order valence-electron chi connectivity index (χ3n) is 4.22. The van der Waals surface area contributed by atoms with Crippen LogP contribution in [0.5, 0.6) is 0 Å². The summed E-state index contributed by atoms with van der Waals surface area (Å²) in [6.45, 7) is 11.0. The summed E-state index contributed by atoms with van der Waals surface area (Å²) in [5, 5.41) is 6.78. The number of nitrogens with one attached hydrogen (secondary N) is 2. The van der Waals surface area contributed by atoms with Gasteiger partial charge in [-0.15, -0.1) is 0 Å². The summed E-state index contributed by atoms with van der Waals surface area (Å²) >= 11 is 0. The minimum absolute atomic E-state index is 0.822. The molecule has 2 heterocycles. The lowest BCUT2D eigenvalue weighted by molar-refractivity contribution is 0.143. The predicted molar refractivity (Wildman–Crippen MR) is 93.2 cm³/mol. The number of aliphatic imine (C=N–C) groups is 1. The summed E-state index contributed by atoms with van der Waals surface area (Å²) in [5.41, 5.74) is 0. The molecule has 1 aliphatic heterocycles. The lowest BCUT2D eigenvalue weighted by Gasteiger charge is -2.35. The number of aromatic nitrogens is 1. The highest BCUT2D eigenvalue weighted by Gasteiger charge is 2.21. The zero-order valence-electron chi connectivity index (χ0n) is 14.3. The summed E-state index contributed by atoms with van der Waals surface area (Å²) in [4.78, 5) is 6.85. The number of guanidine groups is 1. The second-order valence-electron chi connectivity index (χ2n) is 6.55. The van der Waals surface area contributed by atoms with E-state index < -0.39 is 0 Å². The van der Waals surface area contributed by atoms with Gasteiger partial charge in [0.25, 0.3) is 0 Å². The molecule has 0 radical (unpaired) electrons. The summed E-state index contributed by atoms with van der Waals surface area (Å²) in [7, 11) is 1.83. The molecule has 0 aromatic carbocycles. The van der Waals surface area contributed by atoms with E-state index in [4.69, 9.17) is 0 Å². The van der Waals surface area contributed by atoms with Crippen molar-refractivity contribution in [2.75, 3.05) is 39.8 Å². The van der Waals surface area contributed by atoms with Gasteiger partial charge in [0.2, 0.25) is 0 Å². The Bertz CT molecular complexity index is 430. The van der Waals surface area contributed by atoms with Crippen molar-refractivity contribution in [1.82, 2.24) is 20.1 Å². The van der Waals surface area contributed by atoms with Crippen LogP contribution in [0.25, 0.3) is 0 Å². The van der Waals surface area contributed by atoms with E-state index in [2.05, 4.69) is 51.3 Å². The standard InChI is InChI=1S/C17H31N5/c1-15-12-16(2)14-22(13-15)11-7-20-17(18-3)19-6-10-21-8-4-5-9-21/h4-5,8-9,15-16H,6-7,10-14H2,1-3H3,(H2,18,19,20). The largest absolute Gasteiger partial charge is 0.355 e. The highest BCUT2D eigenvalue weighted by Crippen LogP contribution is 2.20. The molecule has 0 amide bonds. The Morgan fingerprint density at radius 1 is 1.05 bits per heavy atom. The van der Waals surface area contributed by atoms with Crippen molar-refractivity contribution in [3.8, 4) is 0 Å². The molecule has 2 N–H and O–H groups in total. The summed E-state index contributed by atoms with van der Waals surface area (Å²) in [6, 6.07) is 4.10. The molecule has 2 atom stereocenters. The van der Waals surface area contributed by atoms with Gasteiger partial charge in [-0.3, -0.25) is 4.99 Å². The van der Waals surface area contributed by atoms with Crippen LogP contribution in [-0.4, -0.2) is 55.2 Å². The monoisotopic (exact) mass is 305 g/mol. The molecule has 1 saturated heterocycles. The van der Waals surface area contributed by atoms with Crippen molar-refractivity contribution in [3.05, 3.63) is 24.5 Å². The zero-order valence-corrected chi connectivity index (χ0v) is 14.3. The molecule has 2 unspecified atom stereocenters. The fourth-order valence-electron chi connectivity index (χ4n) is 3.35. The van der Waals surface area contributed by atoms with Crippen LogP contribution in [0.15, 0.2) is 29.5 Å². The van der Waals surface area contributed by atoms with Gasteiger partial charge in [0.05, 0.1) is 0 Å². The van der Waals surface area contributed by atoms with Gasteiger partial charge in [0, 0.05) is 58.7 Å². The lowest BCUT2D eigenvalue weighted by Crippen LogP contribution is -2.45. The molecule has 0 spiro atoms. The molecule has 5 nitrogen and oxygen atoms in total. The van der Waals surface area contributed by atoms with Crippen molar-refractivity contribution in [1.29, 1.82) is 0 Å². The Morgan fingerprint density at radius 2 is 1.64 bits per heavy atom. The van der Waals surface area contributed by atoms with Crippen molar-refractivity contribution >= 4 is 5.96 Å². The highest BCUT2D eigenvalue weighted by atomic mass is 15.2. The number of rotatable bonds is 6. The predicted octanol–water partition coefficient (Wildman–Crippen LogP) is 1.63. The number of likely N-dealkylation sites (tertiary alicyclic amines) is 1. The van der Waals surface area contributed by atoms with Crippen LogP contribution in [0, 0.1) is 11.8 Å². The maximum absolute atomic E-state index is 4.29. The van der Waals surface area contributed by atoms with E-state index in [1.807, 2.05) is 19.2 Å². The SMILES string of the molecule is CN=C(NCCN1CC(C)CC(C)C1)NCCn1cccc1. The molecule has 0 aliphatic carbocycles. The van der Waals surface area contributed by atoms with Gasteiger partial charge < -0.3 is 20.1 Å². The first-order valence-corrected chi connectivity index (χ1v) is 8.45. The Morgan fingerprint density at radius 3 is 2.23 bits per heavy atom. The molecule has 2 rings (SSSR count). The zero-order chi connectivity index (χ0) is 15.8. The minimum atomic E-state index is 0.822. The number of nitrogens with zero attached hydrogens (tertiary/aromatic N) is 3. The van der Waals surface area contributed by atoms with Crippen LogP contribution in [-0.2, 0) is 6.54 Å². The van der Waals surface area contributed by atoms with E-state index in [9.17, 15) is 0 Å². The van der Waals surface area contributed by atoms with Crippen LogP contribution in [0.3, 0.4) is 0 Å². The quantitative estimate of drug-likeness (QED) is 0.620. The molecule has 1 aromatic rings. The smallest absolute Gasteiger partial charge is 0.191 e. The Labute approximate surface area is 134 Å². The topological polar surface area (TPSA) is 44.6 Å². The van der Waals surface area contributed by atoms with Crippen LogP contribution in [0.2, 0.25) is 0 Å². The van der Waals surface area contributed by atoms with E-state index in [0.717, 1.165) is 44.0 Å². The average Bonchev–Trinajstić information content (AvgIpc) is 2.98. The third kappa shape index (κ3) is 5.72. The van der Waals surface area contributed by atoms with Crippen molar-refractivity contribution in [3.63, 3.8) is 0 Å². The first-order valence-electron chi connectivity index (χ1n) is 8.45. The molecule has 0 bridgehead atoms. The fourth-order valence-corrected chi connectivity index (χ4v) is 3.35. The van der Waals surface area contributed by atoms with Gasteiger partial charge in [-0.2, -0.15) is 0 Å². The molecule has 1 aromatic heterocycles. The van der Waals surface area contributed by atoms with Crippen molar-refractivity contribution in [2.24, 2.45) is 16.8 Å². The van der Waals surface area contributed by atoms with Crippen LogP contribution in [0.4, 0.5) is 0 Å². The molecule has 124 valence electrons. The van der Waals surface area contributed by atoms with E-state index in [1.165, 1.54) is 19.5 Å². The van der Waals surface area contributed by atoms with E-state index in [1.54, 1.807) is 0 Å². The van der Waals surface area contributed by atoms with Crippen LogP contribution in [0.1, 0.15) is 20.3 Å². The number of hydrogen-bond donors (Lipinski definition) is 2. The number of piperidine rings is 1. The van der Waals surface area contributed by atoms with Gasteiger partial charge in [-0.25, -0.2) is 0 Å². The molecule has 1 fully saturated rings. The second kappa shape index (κ2) is 8.83. The van der Waals surface area contributed by atoms with Crippen molar-refractivity contribution in [2.45, 2.75) is 26.8 Å². The molecule has 1 aliphatic rings. The Hall–Kier alpha value is -1.49. The highest BCUT2D eigenvalue weighted by molar-refractivity contribution is 5.79. The minimum Gasteiger partial charge on any atom is -0.355 e. The maximum atomic E-state index is 4.29. The first-order chi connectivity index (χ1) is 10.7. The molecule has 22 heavy (non-hydrogen) atoms. The van der Waals surface area contributed by atoms with Crippen molar-refractivity contribution < 1.29 is 0 Å². The Kier molecular flexibility index (Phi) is 6.77. The first kappa shape index (κ1) is 16.9. The lowest BCUT2D eigenvalue weighted by atomic mass is 9.92. The molecule has 5 heteroatoms. The second-order valence-corrected chi connectivity index (χ2v) is 6.55. The van der Waals surface area contributed by atoms with E-state index in [-0.39, 0.29) is 0 Å². The summed E-state index contributed by atoms with van der Waals surface area (Å²) in [6.07, 6.45) is 5.53. The van der Waals surface area contributed by atoms with Gasteiger partial charge in [0.1, 0.15) is 0 Å². The van der Waals surface area contributed by atoms with Crippen LogP contribution >= 0.6 is 0 Å².